The Balaban J connectivity index is 2.25. The number of hydrogen-bond acceptors (Lipinski definition) is 5. The van der Waals surface area contributed by atoms with E-state index in [0.29, 0.717) is 17.5 Å². The van der Waals surface area contributed by atoms with E-state index in [1.165, 1.54) is 12.3 Å². The van der Waals surface area contributed by atoms with Crippen LogP contribution >= 0.6 is 23.5 Å². The van der Waals surface area contributed by atoms with Crippen molar-refractivity contribution >= 4 is 40.4 Å². The van der Waals surface area contributed by atoms with Crippen LogP contribution < -0.4 is 5.43 Å². The third-order valence-corrected chi connectivity index (χ3v) is 7.78. The van der Waals surface area contributed by atoms with Crippen molar-refractivity contribution in [3.05, 3.63) is 45.0 Å². The molecule has 7 heteroatoms. The molecule has 0 aliphatic carbocycles. The minimum Gasteiger partial charge on any atom is -0.462 e. The minimum atomic E-state index is -0.691. The second kappa shape index (κ2) is 7.64. The van der Waals surface area contributed by atoms with Crippen molar-refractivity contribution in [2.75, 3.05) is 18.1 Å². The van der Waals surface area contributed by atoms with Gasteiger partial charge in [0.15, 0.2) is 0 Å². The Bertz CT molecular complexity index is 904. The van der Waals surface area contributed by atoms with Crippen molar-refractivity contribution < 1.29 is 13.9 Å². The molecule has 140 valence electrons. The van der Waals surface area contributed by atoms with E-state index < -0.39 is 11.4 Å². The number of H-pyrrole nitrogens is 1. The van der Waals surface area contributed by atoms with Gasteiger partial charge < -0.3 is 9.72 Å². The first-order chi connectivity index (χ1) is 12.4. The monoisotopic (exact) mass is 395 g/mol. The van der Waals surface area contributed by atoms with E-state index in [9.17, 15) is 9.59 Å². The Morgan fingerprint density at radius 3 is 2.65 bits per heavy atom. The highest BCUT2D eigenvalue weighted by Crippen LogP contribution is 2.52. The molecule has 1 fully saturated rings. The average molecular weight is 396 g/mol. The topological polar surface area (TPSA) is 59.2 Å². The van der Waals surface area contributed by atoms with Crippen LogP contribution in [0.1, 0.15) is 48.7 Å². The van der Waals surface area contributed by atoms with Crippen LogP contribution in [0.25, 0.3) is 10.9 Å². The van der Waals surface area contributed by atoms with Crippen LogP contribution in [0.15, 0.2) is 17.1 Å². The number of halogens is 1. The van der Waals surface area contributed by atoms with E-state index in [1.54, 1.807) is 30.4 Å². The van der Waals surface area contributed by atoms with E-state index >= 15 is 4.39 Å². The lowest BCUT2D eigenvalue weighted by Crippen LogP contribution is -2.24. The van der Waals surface area contributed by atoms with Gasteiger partial charge in [-0.2, -0.15) is 0 Å². The molecule has 1 aromatic heterocycles. The molecule has 26 heavy (non-hydrogen) atoms. The van der Waals surface area contributed by atoms with Crippen LogP contribution in [0.2, 0.25) is 0 Å². The molecule has 1 aliphatic heterocycles. The third kappa shape index (κ3) is 3.27. The first-order valence-electron chi connectivity index (χ1n) is 8.75. The van der Waals surface area contributed by atoms with Gasteiger partial charge in [-0.05, 0) is 49.8 Å². The lowest BCUT2D eigenvalue weighted by atomic mass is 9.96. The molecule has 0 unspecified atom stereocenters. The molecule has 2 aromatic rings. The molecule has 0 atom stereocenters. The van der Waals surface area contributed by atoms with Gasteiger partial charge in [0.2, 0.25) is 5.43 Å². The number of carbonyl (C=O) groups is 1. The number of hydrogen-bond donors (Lipinski definition) is 1. The van der Waals surface area contributed by atoms with Gasteiger partial charge in [-0.1, -0.05) is 6.92 Å². The Hall–Kier alpha value is -1.47. The number of nitrogens with one attached hydrogen (secondary N) is 1. The number of thioether (sulfide) groups is 2. The van der Waals surface area contributed by atoms with Crippen LogP contribution in [0.3, 0.4) is 0 Å². The summed E-state index contributed by atoms with van der Waals surface area (Å²) in [6.45, 7) is 5.86. The Morgan fingerprint density at radius 1 is 1.35 bits per heavy atom. The predicted octanol–water partition coefficient (Wildman–Crippen LogP) is 4.45. The Labute approximate surface area is 160 Å². The van der Waals surface area contributed by atoms with Crippen LogP contribution in [0.4, 0.5) is 4.39 Å². The first-order valence-corrected chi connectivity index (χ1v) is 10.7. The maximum Gasteiger partial charge on any atom is 0.343 e. The number of benzene rings is 1. The highest BCUT2D eigenvalue weighted by molar-refractivity contribution is 8.18. The summed E-state index contributed by atoms with van der Waals surface area (Å²) in [5, 5.41) is 0.197. The molecule has 1 aromatic carbocycles. The van der Waals surface area contributed by atoms with Gasteiger partial charge >= 0.3 is 5.97 Å². The summed E-state index contributed by atoms with van der Waals surface area (Å²) in [4.78, 5) is 27.8. The first kappa shape index (κ1) is 19.3. The van der Waals surface area contributed by atoms with Gasteiger partial charge in [-0.25, -0.2) is 9.18 Å². The van der Waals surface area contributed by atoms with Crippen LogP contribution in [-0.2, 0) is 15.2 Å². The van der Waals surface area contributed by atoms with Gasteiger partial charge in [0.1, 0.15) is 11.4 Å². The van der Waals surface area contributed by atoms with Crippen LogP contribution in [-0.4, -0.2) is 29.1 Å². The molecule has 2 heterocycles. The molecule has 0 amide bonds. The van der Waals surface area contributed by atoms with Gasteiger partial charge in [-0.15, -0.1) is 23.5 Å². The van der Waals surface area contributed by atoms with E-state index in [4.69, 9.17) is 4.74 Å². The summed E-state index contributed by atoms with van der Waals surface area (Å²) in [6.07, 6.45) is 3.09. The Kier molecular flexibility index (Phi) is 5.67. The molecule has 1 saturated heterocycles. The molecule has 0 radical (unpaired) electrons. The predicted molar refractivity (Wildman–Crippen MR) is 107 cm³/mol. The molecular weight excluding hydrogens is 373 g/mol. The van der Waals surface area contributed by atoms with Gasteiger partial charge in [0.25, 0.3) is 0 Å². The molecule has 1 N–H and O–H groups in total. The number of fused-ring (bicyclic) bond motifs is 1. The number of aromatic amines is 1. The van der Waals surface area contributed by atoms with Crippen molar-refractivity contribution in [2.24, 2.45) is 0 Å². The molecule has 0 bridgehead atoms. The standard InChI is InChI=1S/C19H22FNO3S2/c1-4-11-15(19(3)25-7-6-8-26-19)14(20)9-12-16(11)21-10-13(17(12)22)18(23)24-5-2/h9-10H,4-8H2,1-3H3,(H,21,22). The summed E-state index contributed by atoms with van der Waals surface area (Å²) < 4.78 is 19.7. The molecule has 0 spiro atoms. The largest absolute Gasteiger partial charge is 0.462 e. The molecule has 3 rings (SSSR count). The summed E-state index contributed by atoms with van der Waals surface area (Å²) in [5.74, 6) is 0.902. The summed E-state index contributed by atoms with van der Waals surface area (Å²) in [7, 11) is 0. The number of esters is 1. The van der Waals surface area contributed by atoms with Crippen LogP contribution in [0.5, 0.6) is 0 Å². The number of rotatable bonds is 4. The third-order valence-electron chi connectivity index (χ3n) is 4.58. The maximum absolute atomic E-state index is 15.2. The zero-order valence-electron chi connectivity index (χ0n) is 15.1. The van der Waals surface area contributed by atoms with Crippen molar-refractivity contribution in [1.29, 1.82) is 0 Å². The lowest BCUT2D eigenvalue weighted by Gasteiger charge is -2.35. The Morgan fingerprint density at radius 2 is 2.04 bits per heavy atom. The van der Waals surface area contributed by atoms with Crippen molar-refractivity contribution in [1.82, 2.24) is 4.98 Å². The van der Waals surface area contributed by atoms with Gasteiger partial charge in [0, 0.05) is 17.1 Å². The van der Waals surface area contributed by atoms with E-state index in [-0.39, 0.29) is 27.5 Å². The number of carbonyl (C=O) groups excluding carboxylic acids is 1. The zero-order chi connectivity index (χ0) is 18.9. The van der Waals surface area contributed by atoms with E-state index in [1.807, 2.05) is 6.92 Å². The average Bonchev–Trinajstić information content (AvgIpc) is 2.62. The highest BCUT2D eigenvalue weighted by Gasteiger charge is 2.36. The van der Waals surface area contributed by atoms with Crippen molar-refractivity contribution in [2.45, 2.75) is 37.7 Å². The van der Waals surface area contributed by atoms with Gasteiger partial charge in [0.05, 0.1) is 16.2 Å². The second-order valence-electron chi connectivity index (χ2n) is 6.24. The molecule has 4 nitrogen and oxygen atoms in total. The summed E-state index contributed by atoms with van der Waals surface area (Å²) in [5.41, 5.74) is 1.47. The number of ether oxygens (including phenoxy) is 1. The number of aryl methyl sites for hydroxylation is 1. The van der Waals surface area contributed by atoms with Crippen molar-refractivity contribution in [3.8, 4) is 0 Å². The smallest absolute Gasteiger partial charge is 0.343 e. The lowest BCUT2D eigenvalue weighted by molar-refractivity contribution is 0.0524. The zero-order valence-corrected chi connectivity index (χ0v) is 16.7. The van der Waals surface area contributed by atoms with E-state index in [0.717, 1.165) is 23.5 Å². The normalized spacial score (nSPS) is 16.6. The molecular formula is C19H22FNO3S2. The number of aromatic nitrogens is 1. The van der Waals surface area contributed by atoms with E-state index in [2.05, 4.69) is 11.9 Å². The minimum absolute atomic E-state index is 0.0961. The fourth-order valence-electron chi connectivity index (χ4n) is 3.39. The van der Waals surface area contributed by atoms with Crippen LogP contribution in [0, 0.1) is 5.82 Å². The quantitative estimate of drug-likeness (QED) is 0.775. The number of pyridine rings is 1. The fraction of sp³-hybridized carbons (Fsp3) is 0.474. The van der Waals surface area contributed by atoms with Gasteiger partial charge in [-0.3, -0.25) is 4.79 Å². The molecule has 0 saturated carbocycles. The summed E-state index contributed by atoms with van der Waals surface area (Å²) in [6, 6.07) is 1.27. The maximum atomic E-state index is 15.2. The second-order valence-corrected chi connectivity index (χ2v) is 9.52. The SMILES string of the molecule is CCOC(=O)c1c[nH]c2c(CC)c(C3(C)SCCCS3)c(F)cc2c1=O. The van der Waals surface area contributed by atoms with Crippen molar-refractivity contribution in [3.63, 3.8) is 0 Å². The highest BCUT2D eigenvalue weighted by atomic mass is 32.2. The summed E-state index contributed by atoms with van der Waals surface area (Å²) >= 11 is 3.49. The molecule has 1 aliphatic rings. The fourth-order valence-corrected chi connectivity index (χ4v) is 6.49.